The number of nitrogens with one attached hydrogen (secondary N) is 1. The van der Waals surface area contributed by atoms with Crippen LogP contribution < -0.4 is 5.32 Å². The van der Waals surface area contributed by atoms with Crippen molar-refractivity contribution in [3.05, 3.63) is 28.2 Å². The first-order valence-corrected chi connectivity index (χ1v) is 7.92. The van der Waals surface area contributed by atoms with E-state index in [2.05, 4.69) is 40.0 Å². The summed E-state index contributed by atoms with van der Waals surface area (Å²) in [5.74, 6) is -1.10. The Labute approximate surface area is 127 Å². The largest absolute Gasteiger partial charge is 0.380 e. The maximum absolute atomic E-state index is 13.8. The van der Waals surface area contributed by atoms with Gasteiger partial charge in [-0.1, -0.05) is 0 Å². The smallest absolute Gasteiger partial charge is 0.149 e. The average Bonchev–Trinajstić information content (AvgIpc) is 2.61. The predicted molar refractivity (Wildman–Crippen MR) is 82.0 cm³/mol. The lowest BCUT2D eigenvalue weighted by Gasteiger charge is -2.24. The first kappa shape index (κ1) is 15.7. The van der Waals surface area contributed by atoms with E-state index in [-0.39, 0.29) is 6.04 Å². The van der Waals surface area contributed by atoms with E-state index in [9.17, 15) is 8.78 Å². The second-order valence-electron chi connectivity index (χ2n) is 5.65. The Balaban J connectivity index is 2.02. The monoisotopic (exact) mass is 346 g/mol. The average molecular weight is 347 g/mol. The van der Waals surface area contributed by atoms with Gasteiger partial charge in [-0.2, -0.15) is 0 Å². The maximum atomic E-state index is 13.8. The number of benzene rings is 1. The molecule has 112 valence electrons. The minimum absolute atomic E-state index is 0.241. The number of nitrogens with zero attached hydrogens (tertiary/aromatic N) is 1. The van der Waals surface area contributed by atoms with Gasteiger partial charge in [0.15, 0.2) is 0 Å². The molecule has 0 spiro atoms. The molecule has 20 heavy (non-hydrogen) atoms. The van der Waals surface area contributed by atoms with Gasteiger partial charge < -0.3 is 10.2 Å². The summed E-state index contributed by atoms with van der Waals surface area (Å²) in [5.41, 5.74) is 0.376. The van der Waals surface area contributed by atoms with E-state index in [1.165, 1.54) is 6.07 Å². The SMILES string of the molecule is CC(C)N1CCCC(Nc2cc(Br)c(F)cc2F)CC1. The molecule has 5 heteroatoms. The minimum Gasteiger partial charge on any atom is -0.380 e. The zero-order valence-electron chi connectivity index (χ0n) is 11.9. The number of halogens is 3. The highest BCUT2D eigenvalue weighted by Crippen LogP contribution is 2.26. The van der Waals surface area contributed by atoms with Crippen molar-refractivity contribution >= 4 is 21.6 Å². The standard InChI is InChI=1S/C15H21BrF2N2/c1-10(2)20-6-3-4-11(5-7-20)19-15-8-12(16)13(17)9-14(15)18/h8-11,19H,3-7H2,1-2H3. The van der Waals surface area contributed by atoms with Gasteiger partial charge in [0.1, 0.15) is 11.6 Å². The third-order valence-corrected chi connectivity index (χ3v) is 4.47. The Morgan fingerprint density at radius 3 is 2.65 bits per heavy atom. The first-order chi connectivity index (χ1) is 9.47. The summed E-state index contributed by atoms with van der Waals surface area (Å²) in [6.07, 6.45) is 3.09. The van der Waals surface area contributed by atoms with Gasteiger partial charge in [-0.05, 0) is 61.7 Å². The van der Waals surface area contributed by atoms with Gasteiger partial charge in [0, 0.05) is 24.7 Å². The summed E-state index contributed by atoms with van der Waals surface area (Å²) in [4.78, 5) is 2.44. The van der Waals surface area contributed by atoms with Gasteiger partial charge in [0.25, 0.3) is 0 Å². The van der Waals surface area contributed by atoms with Gasteiger partial charge in [-0.15, -0.1) is 0 Å². The maximum Gasteiger partial charge on any atom is 0.149 e. The molecule has 1 atom stereocenters. The number of likely N-dealkylation sites (tertiary alicyclic amines) is 1. The molecule has 1 aromatic carbocycles. The molecule has 0 bridgehead atoms. The van der Waals surface area contributed by atoms with E-state index >= 15 is 0 Å². The van der Waals surface area contributed by atoms with Gasteiger partial charge in [0.2, 0.25) is 0 Å². The highest BCUT2D eigenvalue weighted by atomic mass is 79.9. The number of hydrogen-bond acceptors (Lipinski definition) is 2. The van der Waals surface area contributed by atoms with Crippen LogP contribution in [0.1, 0.15) is 33.1 Å². The quantitative estimate of drug-likeness (QED) is 0.816. The Bertz CT molecular complexity index is 465. The van der Waals surface area contributed by atoms with E-state index in [0.29, 0.717) is 16.2 Å². The van der Waals surface area contributed by atoms with E-state index in [4.69, 9.17) is 0 Å². The molecule has 1 saturated heterocycles. The fourth-order valence-corrected chi connectivity index (χ4v) is 2.98. The van der Waals surface area contributed by atoms with Crippen molar-refractivity contribution in [2.45, 2.75) is 45.2 Å². The molecule has 1 N–H and O–H groups in total. The summed E-state index contributed by atoms with van der Waals surface area (Å²) in [7, 11) is 0. The van der Waals surface area contributed by atoms with Gasteiger partial charge in [-0.3, -0.25) is 0 Å². The lowest BCUT2D eigenvalue weighted by molar-refractivity contribution is 0.230. The van der Waals surface area contributed by atoms with Crippen molar-refractivity contribution in [3.63, 3.8) is 0 Å². The number of anilines is 1. The summed E-state index contributed by atoms with van der Waals surface area (Å²) >= 11 is 3.10. The van der Waals surface area contributed by atoms with Crippen molar-refractivity contribution in [1.29, 1.82) is 0 Å². The van der Waals surface area contributed by atoms with Crippen LogP contribution in [0.15, 0.2) is 16.6 Å². The van der Waals surface area contributed by atoms with Gasteiger partial charge in [-0.25, -0.2) is 8.78 Å². The normalized spacial score (nSPS) is 21.0. The molecule has 0 aromatic heterocycles. The van der Waals surface area contributed by atoms with Crippen LogP contribution in [0.5, 0.6) is 0 Å². The van der Waals surface area contributed by atoms with E-state index in [1.807, 2.05) is 0 Å². The van der Waals surface area contributed by atoms with Gasteiger partial charge in [0.05, 0.1) is 10.2 Å². The lowest BCUT2D eigenvalue weighted by atomic mass is 10.1. The van der Waals surface area contributed by atoms with Crippen LogP contribution in [-0.4, -0.2) is 30.1 Å². The van der Waals surface area contributed by atoms with Crippen molar-refractivity contribution in [2.75, 3.05) is 18.4 Å². The molecule has 0 aliphatic carbocycles. The molecule has 1 aliphatic heterocycles. The fraction of sp³-hybridized carbons (Fsp3) is 0.600. The van der Waals surface area contributed by atoms with E-state index < -0.39 is 11.6 Å². The van der Waals surface area contributed by atoms with Crippen molar-refractivity contribution in [1.82, 2.24) is 4.90 Å². The molecular weight excluding hydrogens is 326 g/mol. The van der Waals surface area contributed by atoms with E-state index in [1.54, 1.807) is 0 Å². The molecular formula is C15H21BrF2N2. The fourth-order valence-electron chi connectivity index (χ4n) is 2.63. The van der Waals surface area contributed by atoms with Crippen LogP contribution in [0.2, 0.25) is 0 Å². The number of hydrogen-bond donors (Lipinski definition) is 1. The van der Waals surface area contributed by atoms with Crippen molar-refractivity contribution < 1.29 is 8.78 Å². The van der Waals surface area contributed by atoms with Crippen LogP contribution in [0.3, 0.4) is 0 Å². The second-order valence-corrected chi connectivity index (χ2v) is 6.50. The molecule has 1 aromatic rings. The first-order valence-electron chi connectivity index (χ1n) is 7.12. The van der Waals surface area contributed by atoms with Crippen molar-refractivity contribution in [3.8, 4) is 0 Å². The molecule has 2 nitrogen and oxygen atoms in total. The Morgan fingerprint density at radius 2 is 1.95 bits per heavy atom. The van der Waals surface area contributed by atoms with Crippen LogP contribution in [0, 0.1) is 11.6 Å². The molecule has 1 heterocycles. The molecule has 1 aliphatic rings. The summed E-state index contributed by atoms with van der Waals surface area (Å²) in [6, 6.07) is 3.19. The number of rotatable bonds is 3. The highest BCUT2D eigenvalue weighted by molar-refractivity contribution is 9.10. The van der Waals surface area contributed by atoms with Crippen LogP contribution >= 0.6 is 15.9 Å². The predicted octanol–water partition coefficient (Wildman–Crippen LogP) is 4.40. The zero-order valence-corrected chi connectivity index (χ0v) is 13.5. The third-order valence-electron chi connectivity index (χ3n) is 3.86. The Kier molecular flexibility index (Phi) is 5.38. The van der Waals surface area contributed by atoms with Crippen LogP contribution in [0.25, 0.3) is 0 Å². The topological polar surface area (TPSA) is 15.3 Å². The lowest BCUT2D eigenvalue weighted by Crippen LogP contribution is -2.32. The van der Waals surface area contributed by atoms with Gasteiger partial charge >= 0.3 is 0 Å². The second kappa shape index (κ2) is 6.85. The highest BCUT2D eigenvalue weighted by Gasteiger charge is 2.19. The molecule has 0 saturated carbocycles. The molecule has 0 amide bonds. The van der Waals surface area contributed by atoms with Crippen molar-refractivity contribution in [2.24, 2.45) is 0 Å². The minimum atomic E-state index is -0.570. The van der Waals surface area contributed by atoms with Crippen LogP contribution in [-0.2, 0) is 0 Å². The Morgan fingerprint density at radius 1 is 1.20 bits per heavy atom. The Hall–Kier alpha value is -0.680. The molecule has 0 radical (unpaired) electrons. The molecule has 1 unspecified atom stereocenters. The zero-order chi connectivity index (χ0) is 14.7. The molecule has 2 rings (SSSR count). The van der Waals surface area contributed by atoms with E-state index in [0.717, 1.165) is 38.4 Å². The third kappa shape index (κ3) is 3.92. The summed E-state index contributed by atoms with van der Waals surface area (Å²) in [5, 5.41) is 3.22. The summed E-state index contributed by atoms with van der Waals surface area (Å²) < 4.78 is 27.3. The molecule has 1 fully saturated rings. The summed E-state index contributed by atoms with van der Waals surface area (Å²) in [6.45, 7) is 6.50. The van der Waals surface area contributed by atoms with Crippen LogP contribution in [0.4, 0.5) is 14.5 Å².